The van der Waals surface area contributed by atoms with Gasteiger partial charge in [0.05, 0.1) is 0 Å². The van der Waals surface area contributed by atoms with Gasteiger partial charge >= 0.3 is 0 Å². The highest BCUT2D eigenvalue weighted by atomic mass is 16.3. The Morgan fingerprint density at radius 2 is 1.94 bits per heavy atom. The maximum Gasteiger partial charge on any atom is 0.275 e. The molecule has 0 spiro atoms. The molecular formula is C11H10N2O3. The SMILES string of the molecule is CC(=O)Nc1c(=O)[nH]c(O)c2ccccc12. The summed E-state index contributed by atoms with van der Waals surface area (Å²) in [5.41, 5.74) is -0.368. The Labute approximate surface area is 90.7 Å². The van der Waals surface area contributed by atoms with E-state index in [1.165, 1.54) is 6.92 Å². The number of aromatic nitrogens is 1. The minimum atomic E-state index is -0.522. The lowest BCUT2D eigenvalue weighted by Gasteiger charge is -2.06. The fourth-order valence-corrected chi connectivity index (χ4v) is 1.57. The number of rotatable bonds is 1. The molecule has 0 aliphatic carbocycles. The molecule has 5 nitrogen and oxygen atoms in total. The van der Waals surface area contributed by atoms with Gasteiger partial charge in [0.1, 0.15) is 5.69 Å². The Morgan fingerprint density at radius 1 is 1.31 bits per heavy atom. The topological polar surface area (TPSA) is 82.2 Å². The van der Waals surface area contributed by atoms with E-state index in [0.29, 0.717) is 10.8 Å². The number of aromatic hydroxyl groups is 1. The van der Waals surface area contributed by atoms with E-state index in [2.05, 4.69) is 10.3 Å². The molecule has 3 N–H and O–H groups in total. The third-order valence-corrected chi connectivity index (χ3v) is 2.21. The third-order valence-electron chi connectivity index (χ3n) is 2.21. The molecule has 0 radical (unpaired) electrons. The molecule has 0 aliphatic rings. The molecule has 1 aromatic heterocycles. The Morgan fingerprint density at radius 3 is 2.56 bits per heavy atom. The molecule has 2 aromatic rings. The second kappa shape index (κ2) is 3.69. The van der Waals surface area contributed by atoms with Crippen LogP contribution >= 0.6 is 0 Å². The van der Waals surface area contributed by atoms with Gasteiger partial charge in [0.15, 0.2) is 5.88 Å². The summed E-state index contributed by atoms with van der Waals surface area (Å²) in [6.07, 6.45) is 0. The van der Waals surface area contributed by atoms with Crippen LogP contribution in [-0.4, -0.2) is 16.0 Å². The van der Waals surface area contributed by atoms with E-state index in [9.17, 15) is 14.7 Å². The van der Waals surface area contributed by atoms with Crippen LogP contribution in [0, 0.1) is 0 Å². The lowest BCUT2D eigenvalue weighted by atomic mass is 10.1. The van der Waals surface area contributed by atoms with Gasteiger partial charge in [-0.15, -0.1) is 0 Å². The van der Waals surface area contributed by atoms with E-state index in [0.717, 1.165) is 0 Å². The molecule has 0 unspecified atom stereocenters. The van der Waals surface area contributed by atoms with Crippen LogP contribution in [0.15, 0.2) is 29.1 Å². The van der Waals surface area contributed by atoms with Gasteiger partial charge in [-0.3, -0.25) is 14.6 Å². The quantitative estimate of drug-likeness (QED) is 0.672. The van der Waals surface area contributed by atoms with E-state index in [1.54, 1.807) is 24.3 Å². The zero-order valence-electron chi connectivity index (χ0n) is 8.57. The molecule has 0 saturated carbocycles. The van der Waals surface area contributed by atoms with Crippen molar-refractivity contribution in [2.24, 2.45) is 0 Å². The maximum absolute atomic E-state index is 11.6. The van der Waals surface area contributed by atoms with Gasteiger partial charge in [0, 0.05) is 17.7 Å². The number of amides is 1. The fourth-order valence-electron chi connectivity index (χ4n) is 1.57. The molecular weight excluding hydrogens is 208 g/mol. The van der Waals surface area contributed by atoms with Gasteiger partial charge in [-0.05, 0) is 6.07 Å². The first kappa shape index (κ1) is 10.2. The first-order chi connectivity index (χ1) is 7.59. The summed E-state index contributed by atoms with van der Waals surface area (Å²) >= 11 is 0. The monoisotopic (exact) mass is 218 g/mol. The summed E-state index contributed by atoms with van der Waals surface area (Å²) in [5.74, 6) is -0.531. The van der Waals surface area contributed by atoms with Crippen LogP contribution in [0.4, 0.5) is 5.69 Å². The summed E-state index contributed by atoms with van der Waals surface area (Å²) in [4.78, 5) is 24.8. The second-order valence-electron chi connectivity index (χ2n) is 3.40. The van der Waals surface area contributed by atoms with E-state index < -0.39 is 5.56 Å². The maximum atomic E-state index is 11.6. The molecule has 16 heavy (non-hydrogen) atoms. The van der Waals surface area contributed by atoms with E-state index >= 15 is 0 Å². The molecule has 0 bridgehead atoms. The molecule has 0 saturated heterocycles. The van der Waals surface area contributed by atoms with Crippen molar-refractivity contribution in [1.82, 2.24) is 4.98 Å². The van der Waals surface area contributed by atoms with Gasteiger partial charge in [-0.1, -0.05) is 18.2 Å². The average Bonchev–Trinajstić information content (AvgIpc) is 2.24. The lowest BCUT2D eigenvalue weighted by molar-refractivity contribution is -0.114. The van der Waals surface area contributed by atoms with Crippen LogP contribution in [-0.2, 0) is 4.79 Å². The largest absolute Gasteiger partial charge is 0.494 e. The highest BCUT2D eigenvalue weighted by Crippen LogP contribution is 2.25. The van der Waals surface area contributed by atoms with Crippen LogP contribution in [0.25, 0.3) is 10.8 Å². The number of anilines is 1. The van der Waals surface area contributed by atoms with Gasteiger partial charge in [0.2, 0.25) is 5.91 Å². The molecule has 1 amide bonds. The second-order valence-corrected chi connectivity index (χ2v) is 3.40. The Balaban J connectivity index is 2.81. The van der Waals surface area contributed by atoms with E-state index in [4.69, 9.17) is 0 Å². The highest BCUT2D eigenvalue weighted by molar-refractivity contribution is 6.02. The molecule has 82 valence electrons. The number of carbonyl (C=O) groups excluding carboxylic acids is 1. The predicted octanol–water partition coefficient (Wildman–Crippen LogP) is 1.19. The van der Waals surface area contributed by atoms with Crippen molar-refractivity contribution in [2.45, 2.75) is 6.92 Å². The number of benzene rings is 1. The zero-order chi connectivity index (χ0) is 11.7. The van der Waals surface area contributed by atoms with Crippen molar-refractivity contribution in [3.05, 3.63) is 34.6 Å². The summed E-state index contributed by atoms with van der Waals surface area (Å²) in [6.45, 7) is 1.32. The number of fused-ring (bicyclic) bond motifs is 1. The smallest absolute Gasteiger partial charge is 0.275 e. The molecule has 5 heteroatoms. The minimum Gasteiger partial charge on any atom is -0.494 e. The number of H-pyrrole nitrogens is 1. The van der Waals surface area contributed by atoms with Gasteiger partial charge in [0.25, 0.3) is 5.56 Å². The Kier molecular flexibility index (Phi) is 2.36. The molecule has 0 aliphatic heterocycles. The molecule has 1 heterocycles. The number of pyridine rings is 1. The lowest BCUT2D eigenvalue weighted by Crippen LogP contribution is -2.17. The fraction of sp³-hybridized carbons (Fsp3) is 0.0909. The number of hydrogen-bond acceptors (Lipinski definition) is 3. The van der Waals surface area contributed by atoms with Gasteiger partial charge < -0.3 is 10.4 Å². The Hall–Kier alpha value is -2.30. The first-order valence-corrected chi connectivity index (χ1v) is 4.71. The van der Waals surface area contributed by atoms with Crippen LogP contribution < -0.4 is 10.9 Å². The van der Waals surface area contributed by atoms with Crippen molar-refractivity contribution in [3.63, 3.8) is 0 Å². The zero-order valence-corrected chi connectivity index (χ0v) is 8.57. The predicted molar refractivity (Wildman–Crippen MR) is 60.5 cm³/mol. The van der Waals surface area contributed by atoms with Gasteiger partial charge in [-0.25, -0.2) is 0 Å². The number of hydrogen-bond donors (Lipinski definition) is 3. The normalized spacial score (nSPS) is 10.3. The van der Waals surface area contributed by atoms with Crippen LogP contribution in [0.1, 0.15) is 6.92 Å². The number of aromatic amines is 1. The van der Waals surface area contributed by atoms with E-state index in [-0.39, 0.29) is 17.5 Å². The third kappa shape index (κ3) is 1.63. The molecule has 0 atom stereocenters. The number of carbonyl (C=O) groups is 1. The molecule has 0 fully saturated rings. The average molecular weight is 218 g/mol. The van der Waals surface area contributed by atoms with Crippen LogP contribution in [0.2, 0.25) is 0 Å². The summed E-state index contributed by atoms with van der Waals surface area (Å²) in [6, 6.07) is 6.78. The number of nitrogens with one attached hydrogen (secondary N) is 2. The summed E-state index contributed by atoms with van der Waals surface area (Å²) < 4.78 is 0. The first-order valence-electron chi connectivity index (χ1n) is 4.71. The minimum absolute atomic E-state index is 0.154. The van der Waals surface area contributed by atoms with Gasteiger partial charge in [-0.2, -0.15) is 0 Å². The molecule has 2 rings (SSSR count). The van der Waals surface area contributed by atoms with Crippen LogP contribution in [0.3, 0.4) is 0 Å². The van der Waals surface area contributed by atoms with Crippen molar-refractivity contribution in [3.8, 4) is 5.88 Å². The molecule has 1 aromatic carbocycles. The Bertz CT molecular complexity index is 616. The van der Waals surface area contributed by atoms with Crippen molar-refractivity contribution < 1.29 is 9.90 Å². The van der Waals surface area contributed by atoms with Crippen molar-refractivity contribution in [2.75, 3.05) is 5.32 Å². The van der Waals surface area contributed by atoms with Crippen LogP contribution in [0.5, 0.6) is 5.88 Å². The van der Waals surface area contributed by atoms with Crippen molar-refractivity contribution >= 4 is 22.4 Å². The van der Waals surface area contributed by atoms with Crippen molar-refractivity contribution in [1.29, 1.82) is 0 Å². The standard InChI is InChI=1S/C11H10N2O3/c1-6(14)12-9-7-4-2-3-5-8(7)10(15)13-11(9)16/h2-5H,1H3,(H,12,14)(H2,13,15,16). The summed E-state index contributed by atoms with van der Waals surface area (Å²) in [7, 11) is 0. The highest BCUT2D eigenvalue weighted by Gasteiger charge is 2.10. The van der Waals surface area contributed by atoms with E-state index in [1.807, 2.05) is 0 Å². The summed E-state index contributed by atoms with van der Waals surface area (Å²) in [5, 5.41) is 13.0.